The van der Waals surface area contributed by atoms with E-state index >= 15 is 0 Å². The molecule has 0 aliphatic carbocycles. The zero-order chi connectivity index (χ0) is 15.3. The molecule has 0 aliphatic heterocycles. The molecule has 2 aromatic carbocycles. The van der Waals surface area contributed by atoms with Gasteiger partial charge in [-0.3, -0.25) is 4.18 Å². The van der Waals surface area contributed by atoms with E-state index in [2.05, 4.69) is 4.18 Å². The Morgan fingerprint density at radius 1 is 1.05 bits per heavy atom. The van der Waals surface area contributed by atoms with Gasteiger partial charge >= 0.3 is 5.97 Å². The summed E-state index contributed by atoms with van der Waals surface area (Å²) in [6, 6.07) is 15.1. The van der Waals surface area contributed by atoms with Crippen LogP contribution in [-0.2, 0) is 20.9 Å². The first kappa shape index (κ1) is 15.2. The van der Waals surface area contributed by atoms with Gasteiger partial charge in [-0.15, -0.1) is 0 Å². The third-order valence-electron chi connectivity index (χ3n) is 2.56. The summed E-state index contributed by atoms with van der Waals surface area (Å²) in [5.41, 5.74) is 0.899. The topological polar surface area (TPSA) is 69.7 Å². The number of rotatable bonds is 5. The van der Waals surface area contributed by atoms with E-state index in [-0.39, 0.29) is 6.61 Å². The highest BCUT2D eigenvalue weighted by molar-refractivity contribution is 7.85. The minimum absolute atomic E-state index is 0.120. The van der Waals surface area contributed by atoms with Gasteiger partial charge in [0, 0.05) is 0 Å². The van der Waals surface area contributed by atoms with Crippen LogP contribution in [0.5, 0.6) is 5.75 Å². The zero-order valence-electron chi connectivity index (χ0n) is 11.4. The van der Waals surface area contributed by atoms with Crippen LogP contribution in [0.1, 0.15) is 15.9 Å². The number of hydrogen-bond acceptors (Lipinski definition) is 5. The molecule has 0 aliphatic rings. The predicted molar refractivity (Wildman–Crippen MR) is 77.5 cm³/mol. The quantitative estimate of drug-likeness (QED) is 0.482. The summed E-state index contributed by atoms with van der Waals surface area (Å²) >= 11 is 0. The van der Waals surface area contributed by atoms with E-state index < -0.39 is 16.1 Å². The molecule has 0 saturated carbocycles. The average molecular weight is 306 g/mol. The van der Waals surface area contributed by atoms with Gasteiger partial charge in [-0.1, -0.05) is 30.3 Å². The van der Waals surface area contributed by atoms with E-state index in [0.717, 1.165) is 6.26 Å². The van der Waals surface area contributed by atoms with E-state index in [1.807, 2.05) is 6.07 Å². The van der Waals surface area contributed by atoms with Crippen molar-refractivity contribution in [1.82, 2.24) is 0 Å². The number of ether oxygens (including phenoxy) is 1. The lowest BCUT2D eigenvalue weighted by Crippen LogP contribution is -2.09. The molecule has 0 fully saturated rings. The molecule has 0 heterocycles. The molecule has 2 rings (SSSR count). The van der Waals surface area contributed by atoms with Crippen LogP contribution in [0.4, 0.5) is 0 Å². The second kappa shape index (κ2) is 6.51. The molecule has 0 bridgehead atoms. The zero-order valence-corrected chi connectivity index (χ0v) is 12.2. The van der Waals surface area contributed by atoms with Crippen molar-refractivity contribution in [3.05, 3.63) is 65.7 Å². The summed E-state index contributed by atoms with van der Waals surface area (Å²) in [7, 11) is -3.52. The summed E-state index contributed by atoms with van der Waals surface area (Å²) in [6.07, 6.45) is 0.973. The third-order valence-corrected chi connectivity index (χ3v) is 3.10. The minimum Gasteiger partial charge on any atom is -0.423 e. The highest BCUT2D eigenvalue weighted by Crippen LogP contribution is 2.13. The maximum Gasteiger partial charge on any atom is 0.343 e. The molecule has 0 spiro atoms. The van der Waals surface area contributed by atoms with Crippen molar-refractivity contribution in [3.63, 3.8) is 0 Å². The van der Waals surface area contributed by atoms with Crippen LogP contribution in [0.25, 0.3) is 0 Å². The number of esters is 1. The Morgan fingerprint density at radius 3 is 2.43 bits per heavy atom. The van der Waals surface area contributed by atoms with Crippen molar-refractivity contribution in [2.75, 3.05) is 6.26 Å². The first-order valence-electron chi connectivity index (χ1n) is 6.14. The molecular weight excluding hydrogens is 292 g/mol. The normalized spacial score (nSPS) is 11.1. The number of carbonyl (C=O) groups excluding carboxylic acids is 1. The Labute approximate surface area is 123 Å². The van der Waals surface area contributed by atoms with Gasteiger partial charge in [0.1, 0.15) is 5.75 Å². The van der Waals surface area contributed by atoms with Crippen molar-refractivity contribution >= 4 is 16.1 Å². The van der Waals surface area contributed by atoms with E-state index in [9.17, 15) is 13.2 Å². The molecule has 0 saturated heterocycles. The van der Waals surface area contributed by atoms with Crippen molar-refractivity contribution in [3.8, 4) is 5.75 Å². The average Bonchev–Trinajstić information content (AvgIpc) is 2.46. The van der Waals surface area contributed by atoms with E-state index in [4.69, 9.17) is 4.74 Å². The van der Waals surface area contributed by atoms with Gasteiger partial charge in [-0.25, -0.2) is 4.79 Å². The predicted octanol–water partition coefficient (Wildman–Crippen LogP) is 2.38. The van der Waals surface area contributed by atoms with Crippen LogP contribution in [0.2, 0.25) is 0 Å². The molecule has 21 heavy (non-hydrogen) atoms. The number of para-hydroxylation sites is 1. The molecule has 5 nitrogen and oxygen atoms in total. The van der Waals surface area contributed by atoms with Crippen LogP contribution in [0.15, 0.2) is 54.6 Å². The molecule has 0 atom stereocenters. The maximum absolute atomic E-state index is 12.0. The standard InChI is InChI=1S/C15H14O5S/c1-21(17,18)19-11-12-6-5-7-13(10-12)15(16)20-14-8-3-2-4-9-14/h2-10H,11H2,1H3. The fourth-order valence-electron chi connectivity index (χ4n) is 1.62. The van der Waals surface area contributed by atoms with Gasteiger partial charge in [0.05, 0.1) is 18.4 Å². The molecule has 0 unspecified atom stereocenters. The second-order valence-electron chi connectivity index (χ2n) is 4.37. The van der Waals surface area contributed by atoms with Gasteiger partial charge in [0.15, 0.2) is 0 Å². The molecule has 6 heteroatoms. The Hall–Kier alpha value is -2.18. The SMILES string of the molecule is CS(=O)(=O)OCc1cccc(C(=O)Oc2ccccc2)c1. The summed E-state index contributed by atoms with van der Waals surface area (Å²) in [5, 5.41) is 0. The molecule has 0 N–H and O–H groups in total. The first-order chi connectivity index (χ1) is 9.94. The fourth-order valence-corrected chi connectivity index (χ4v) is 1.97. The van der Waals surface area contributed by atoms with Crippen LogP contribution < -0.4 is 4.74 Å². The number of carbonyl (C=O) groups is 1. The summed E-state index contributed by atoms with van der Waals surface area (Å²) in [4.78, 5) is 12.0. The van der Waals surface area contributed by atoms with Gasteiger partial charge in [-0.2, -0.15) is 8.42 Å². The Kier molecular flexibility index (Phi) is 4.72. The van der Waals surface area contributed by atoms with Gasteiger partial charge in [-0.05, 0) is 29.8 Å². The fraction of sp³-hybridized carbons (Fsp3) is 0.133. The molecule has 0 aromatic heterocycles. The van der Waals surface area contributed by atoms with Crippen LogP contribution >= 0.6 is 0 Å². The summed E-state index contributed by atoms with van der Waals surface area (Å²) in [5.74, 6) is -0.0669. The van der Waals surface area contributed by atoms with Crippen molar-refractivity contribution in [1.29, 1.82) is 0 Å². The lowest BCUT2D eigenvalue weighted by molar-refractivity contribution is 0.0734. The lowest BCUT2D eigenvalue weighted by atomic mass is 10.1. The highest BCUT2D eigenvalue weighted by atomic mass is 32.2. The molecule has 0 amide bonds. The van der Waals surface area contributed by atoms with E-state index in [1.54, 1.807) is 42.5 Å². The van der Waals surface area contributed by atoms with Crippen LogP contribution in [0.3, 0.4) is 0 Å². The Morgan fingerprint density at radius 2 is 1.76 bits per heavy atom. The second-order valence-corrected chi connectivity index (χ2v) is 6.01. The van der Waals surface area contributed by atoms with Crippen molar-refractivity contribution in [2.24, 2.45) is 0 Å². The largest absolute Gasteiger partial charge is 0.423 e. The lowest BCUT2D eigenvalue weighted by Gasteiger charge is -2.06. The van der Waals surface area contributed by atoms with E-state index in [0.29, 0.717) is 16.9 Å². The van der Waals surface area contributed by atoms with Crippen molar-refractivity contribution in [2.45, 2.75) is 6.61 Å². The summed E-state index contributed by atoms with van der Waals surface area (Å²) in [6.45, 7) is -0.120. The van der Waals surface area contributed by atoms with Gasteiger partial charge < -0.3 is 4.74 Å². The number of hydrogen-bond donors (Lipinski definition) is 0. The van der Waals surface area contributed by atoms with Gasteiger partial charge in [0.25, 0.3) is 10.1 Å². The highest BCUT2D eigenvalue weighted by Gasteiger charge is 2.10. The van der Waals surface area contributed by atoms with Crippen LogP contribution in [-0.4, -0.2) is 20.6 Å². The van der Waals surface area contributed by atoms with Crippen molar-refractivity contribution < 1.29 is 22.1 Å². The molecule has 110 valence electrons. The number of benzene rings is 2. The van der Waals surface area contributed by atoms with Crippen LogP contribution in [0, 0.1) is 0 Å². The smallest absolute Gasteiger partial charge is 0.343 e. The maximum atomic E-state index is 12.0. The van der Waals surface area contributed by atoms with Gasteiger partial charge in [0.2, 0.25) is 0 Å². The monoisotopic (exact) mass is 306 g/mol. The Bertz CT molecular complexity index is 723. The minimum atomic E-state index is -3.52. The molecular formula is C15H14O5S. The molecule has 2 aromatic rings. The molecule has 0 radical (unpaired) electrons. The third kappa shape index (κ3) is 5.02. The summed E-state index contributed by atoms with van der Waals surface area (Å²) < 4.78 is 31.8. The first-order valence-corrected chi connectivity index (χ1v) is 7.96. The van der Waals surface area contributed by atoms with E-state index in [1.165, 1.54) is 6.07 Å². The Balaban J connectivity index is 2.08.